The van der Waals surface area contributed by atoms with Crippen LogP contribution >= 0.6 is 24.0 Å². The number of carbonyl (C=O) groups is 1. The van der Waals surface area contributed by atoms with E-state index in [1.54, 1.807) is 6.20 Å². The minimum absolute atomic E-state index is 0. The van der Waals surface area contributed by atoms with E-state index >= 15 is 0 Å². The maximum Gasteiger partial charge on any atom is 0.257 e. The molecule has 150 valence electrons. The Labute approximate surface area is 176 Å². The van der Waals surface area contributed by atoms with E-state index in [9.17, 15) is 4.79 Å². The van der Waals surface area contributed by atoms with Gasteiger partial charge in [-0.2, -0.15) is 5.10 Å². The summed E-state index contributed by atoms with van der Waals surface area (Å²) in [4.78, 5) is 15.3. The van der Waals surface area contributed by atoms with Crippen LogP contribution in [0.4, 0.5) is 0 Å². The highest BCUT2D eigenvalue weighted by molar-refractivity contribution is 6.31. The molecule has 5 nitrogen and oxygen atoms in total. The van der Waals surface area contributed by atoms with Gasteiger partial charge in [-0.05, 0) is 62.1 Å². The summed E-state index contributed by atoms with van der Waals surface area (Å²) in [5.74, 6) is 1.56. The zero-order valence-corrected chi connectivity index (χ0v) is 17.5. The van der Waals surface area contributed by atoms with Crippen molar-refractivity contribution >= 4 is 29.9 Å². The van der Waals surface area contributed by atoms with Crippen LogP contribution in [0.5, 0.6) is 0 Å². The van der Waals surface area contributed by atoms with E-state index < -0.39 is 0 Å². The number of fused-ring (bicyclic) bond motifs is 1. The van der Waals surface area contributed by atoms with Gasteiger partial charge < -0.3 is 10.6 Å². The predicted octanol–water partition coefficient (Wildman–Crippen LogP) is 3.94. The van der Waals surface area contributed by atoms with Gasteiger partial charge in [-0.25, -0.2) is 4.68 Å². The summed E-state index contributed by atoms with van der Waals surface area (Å²) < 4.78 is 1.92. The molecule has 0 radical (unpaired) electrons. The molecular weight excluding hydrogens is 395 g/mol. The first-order chi connectivity index (χ1) is 13.0. The molecule has 0 bridgehead atoms. The fourth-order valence-corrected chi connectivity index (χ4v) is 5.01. The van der Waals surface area contributed by atoms with Gasteiger partial charge in [0, 0.05) is 30.1 Å². The molecule has 3 fully saturated rings. The Hall–Kier alpha value is -1.56. The first-order valence-electron chi connectivity index (χ1n) is 9.92. The number of hydrogen-bond acceptors (Lipinski definition) is 3. The van der Waals surface area contributed by atoms with E-state index in [0.717, 1.165) is 66.3 Å². The molecule has 2 aliphatic carbocycles. The van der Waals surface area contributed by atoms with Crippen LogP contribution in [0.15, 0.2) is 24.4 Å². The Balaban J connectivity index is 0.00000192. The topological polar surface area (TPSA) is 64.2 Å². The summed E-state index contributed by atoms with van der Waals surface area (Å²) in [7, 11) is 0. The third-order valence-electron chi connectivity index (χ3n) is 6.60. The molecule has 0 spiro atoms. The van der Waals surface area contributed by atoms with Crippen molar-refractivity contribution in [2.45, 2.75) is 44.6 Å². The lowest BCUT2D eigenvalue weighted by Crippen LogP contribution is -2.33. The fourth-order valence-electron chi connectivity index (χ4n) is 4.84. The largest absolute Gasteiger partial charge is 0.338 e. The van der Waals surface area contributed by atoms with Gasteiger partial charge in [-0.1, -0.05) is 17.7 Å². The standard InChI is InChI=1S/C21H25ClN4O.ClH/c1-12-2-6-15(8-18(12)22)26-20(13-3-4-13)16(9-24-26)21(27)25-10-14-5-7-19(23)17(14)11-25;/h2,6,8-9,13-14,17,19H,3-5,7,10-11,23H2,1H3;1H. The number of nitrogens with two attached hydrogens (primary N) is 1. The third-order valence-corrected chi connectivity index (χ3v) is 7.01. The molecule has 7 heteroatoms. The smallest absolute Gasteiger partial charge is 0.257 e. The number of rotatable bonds is 3. The highest BCUT2D eigenvalue weighted by atomic mass is 35.5. The SMILES string of the molecule is Cc1ccc(-n2ncc(C(=O)N3CC4CCC(N)C4C3)c2C2CC2)cc1Cl.Cl. The Kier molecular flexibility index (Phi) is 5.19. The molecule has 5 rings (SSSR count). The summed E-state index contributed by atoms with van der Waals surface area (Å²) in [6, 6.07) is 6.20. The molecule has 1 saturated heterocycles. The molecule has 1 amide bonds. The van der Waals surface area contributed by atoms with Gasteiger partial charge in [0.25, 0.3) is 5.91 Å². The number of benzene rings is 1. The second-order valence-electron chi connectivity index (χ2n) is 8.44. The van der Waals surface area contributed by atoms with E-state index in [4.69, 9.17) is 17.3 Å². The van der Waals surface area contributed by atoms with E-state index in [-0.39, 0.29) is 24.4 Å². The summed E-state index contributed by atoms with van der Waals surface area (Å²) in [6.45, 7) is 3.61. The number of likely N-dealkylation sites (tertiary alicyclic amines) is 1. The maximum atomic E-state index is 13.3. The Morgan fingerprint density at radius 2 is 2.00 bits per heavy atom. The molecule has 3 atom stereocenters. The number of hydrogen-bond donors (Lipinski definition) is 1. The van der Waals surface area contributed by atoms with Crippen molar-refractivity contribution in [1.29, 1.82) is 0 Å². The first kappa shape index (κ1) is 19.7. The van der Waals surface area contributed by atoms with Crippen LogP contribution in [0.2, 0.25) is 5.02 Å². The molecule has 3 unspecified atom stereocenters. The van der Waals surface area contributed by atoms with Gasteiger partial charge >= 0.3 is 0 Å². The van der Waals surface area contributed by atoms with Crippen LogP contribution in [0.25, 0.3) is 5.69 Å². The van der Waals surface area contributed by atoms with Crippen molar-refractivity contribution in [2.24, 2.45) is 17.6 Å². The second kappa shape index (κ2) is 7.36. The zero-order chi connectivity index (χ0) is 18.7. The highest BCUT2D eigenvalue weighted by Crippen LogP contribution is 2.44. The van der Waals surface area contributed by atoms with Crippen LogP contribution < -0.4 is 5.73 Å². The fraction of sp³-hybridized carbons (Fsp3) is 0.524. The summed E-state index contributed by atoms with van der Waals surface area (Å²) in [6.07, 6.45) is 6.21. The average molecular weight is 421 g/mol. The second-order valence-corrected chi connectivity index (χ2v) is 8.85. The molecule has 2 heterocycles. The summed E-state index contributed by atoms with van der Waals surface area (Å²) in [5, 5.41) is 5.31. The van der Waals surface area contributed by atoms with E-state index in [1.165, 1.54) is 0 Å². The lowest BCUT2D eigenvalue weighted by Gasteiger charge is -2.19. The van der Waals surface area contributed by atoms with Crippen molar-refractivity contribution in [1.82, 2.24) is 14.7 Å². The number of carbonyl (C=O) groups excluding carboxylic acids is 1. The van der Waals surface area contributed by atoms with Crippen molar-refractivity contribution < 1.29 is 4.79 Å². The predicted molar refractivity (Wildman–Crippen MR) is 113 cm³/mol. The van der Waals surface area contributed by atoms with Gasteiger partial charge in [-0.3, -0.25) is 4.79 Å². The normalized spacial score (nSPS) is 26.2. The molecular formula is C21H26Cl2N4O. The average Bonchev–Trinajstić information content (AvgIpc) is 3.11. The number of aromatic nitrogens is 2. The molecule has 1 aromatic carbocycles. The van der Waals surface area contributed by atoms with Crippen molar-refractivity contribution in [2.75, 3.05) is 13.1 Å². The van der Waals surface area contributed by atoms with Gasteiger partial charge in [0.05, 0.1) is 23.1 Å². The van der Waals surface area contributed by atoms with E-state index in [2.05, 4.69) is 5.10 Å². The monoisotopic (exact) mass is 420 g/mol. The van der Waals surface area contributed by atoms with Crippen molar-refractivity contribution in [3.63, 3.8) is 0 Å². The van der Waals surface area contributed by atoms with Crippen LogP contribution in [0.1, 0.15) is 53.2 Å². The Bertz CT molecular complexity index is 908. The van der Waals surface area contributed by atoms with Crippen molar-refractivity contribution in [3.8, 4) is 5.69 Å². The number of halogens is 2. The molecule has 1 aliphatic heterocycles. The molecule has 2 saturated carbocycles. The minimum atomic E-state index is 0. The number of amides is 1. The number of nitrogens with zero attached hydrogens (tertiary/aromatic N) is 3. The highest BCUT2D eigenvalue weighted by Gasteiger charge is 2.44. The van der Waals surface area contributed by atoms with Crippen molar-refractivity contribution in [3.05, 3.63) is 46.2 Å². The molecule has 2 aromatic rings. The first-order valence-corrected chi connectivity index (χ1v) is 10.3. The minimum Gasteiger partial charge on any atom is -0.338 e. The van der Waals surface area contributed by atoms with Crippen LogP contribution in [-0.2, 0) is 0 Å². The Morgan fingerprint density at radius 1 is 1.21 bits per heavy atom. The van der Waals surface area contributed by atoms with Gasteiger partial charge in [-0.15, -0.1) is 12.4 Å². The van der Waals surface area contributed by atoms with Gasteiger partial charge in [0.1, 0.15) is 0 Å². The molecule has 28 heavy (non-hydrogen) atoms. The number of aryl methyl sites for hydroxylation is 1. The Morgan fingerprint density at radius 3 is 2.68 bits per heavy atom. The van der Waals surface area contributed by atoms with Crippen LogP contribution in [-0.4, -0.2) is 39.7 Å². The zero-order valence-electron chi connectivity index (χ0n) is 16.0. The molecule has 3 aliphatic rings. The summed E-state index contributed by atoms with van der Waals surface area (Å²) >= 11 is 6.32. The maximum absolute atomic E-state index is 13.3. The van der Waals surface area contributed by atoms with Gasteiger partial charge in [0.2, 0.25) is 0 Å². The summed E-state index contributed by atoms with van der Waals surface area (Å²) in [5.41, 5.74) is 10.0. The molecule has 1 aromatic heterocycles. The van der Waals surface area contributed by atoms with Gasteiger partial charge in [0.15, 0.2) is 0 Å². The lowest BCUT2D eigenvalue weighted by molar-refractivity contribution is 0.0778. The third kappa shape index (κ3) is 3.23. The van der Waals surface area contributed by atoms with E-state index in [1.807, 2.05) is 34.7 Å². The lowest BCUT2D eigenvalue weighted by atomic mass is 9.98. The van der Waals surface area contributed by atoms with E-state index in [0.29, 0.717) is 17.8 Å². The quantitative estimate of drug-likeness (QED) is 0.817. The van der Waals surface area contributed by atoms with Crippen LogP contribution in [0.3, 0.4) is 0 Å². The van der Waals surface area contributed by atoms with Crippen LogP contribution in [0, 0.1) is 18.8 Å². The molecule has 2 N–H and O–H groups in total.